The zero-order chi connectivity index (χ0) is 20.1. The second-order valence-corrected chi connectivity index (χ2v) is 8.91. The van der Waals surface area contributed by atoms with Gasteiger partial charge in [0.25, 0.3) is 0 Å². The van der Waals surface area contributed by atoms with Crippen molar-refractivity contribution in [2.45, 2.75) is 18.3 Å². The summed E-state index contributed by atoms with van der Waals surface area (Å²) in [7, 11) is -2.89. The van der Waals surface area contributed by atoms with Gasteiger partial charge in [0.05, 0.1) is 10.7 Å². The number of carboxylic acids is 2. The van der Waals surface area contributed by atoms with Crippen LogP contribution in [0.4, 0.5) is 0 Å². The highest BCUT2D eigenvalue weighted by molar-refractivity contribution is 14.1. The van der Waals surface area contributed by atoms with Crippen molar-refractivity contribution < 1.29 is 43.8 Å². The molecule has 0 heterocycles. The average Bonchev–Trinajstić information content (AvgIpc) is 2.56. The second kappa shape index (κ2) is 9.51. The molecule has 6 N–H and O–H groups in total. The van der Waals surface area contributed by atoms with Crippen LogP contribution >= 0.6 is 30.0 Å². The Hall–Kier alpha value is -1.40. The molecule has 0 fully saturated rings. The zero-order valence-corrected chi connectivity index (χ0v) is 16.7. The van der Waals surface area contributed by atoms with Crippen LogP contribution in [0.2, 0.25) is 0 Å². The minimum absolute atomic E-state index is 0.0451. The van der Waals surface area contributed by atoms with E-state index in [1.165, 1.54) is 19.2 Å². The molecular weight excluding hydrogens is 484 g/mol. The summed E-state index contributed by atoms with van der Waals surface area (Å²) < 4.78 is 22.9. The molecule has 2 unspecified atom stereocenters. The van der Waals surface area contributed by atoms with Crippen molar-refractivity contribution in [3.63, 3.8) is 0 Å². The number of hydrogen-bond donors (Lipinski definition) is 5. The van der Waals surface area contributed by atoms with E-state index in [0.29, 0.717) is 3.57 Å². The summed E-state index contributed by atoms with van der Waals surface area (Å²) in [6.45, 7) is -0.611. The molecule has 0 saturated heterocycles. The van der Waals surface area contributed by atoms with Gasteiger partial charge in [-0.2, -0.15) is 0 Å². The van der Waals surface area contributed by atoms with Crippen LogP contribution in [-0.4, -0.2) is 58.1 Å². The number of aliphatic carboxylic acids is 2. The van der Waals surface area contributed by atoms with Gasteiger partial charge in [-0.25, -0.2) is 4.79 Å². The molecular formula is C14H19INO9P. The van der Waals surface area contributed by atoms with Crippen molar-refractivity contribution >= 4 is 41.9 Å². The maximum absolute atomic E-state index is 12.4. The average molecular weight is 503 g/mol. The topological polar surface area (TPSA) is 177 Å². The lowest BCUT2D eigenvalue weighted by Gasteiger charge is -2.21. The lowest BCUT2D eigenvalue weighted by Crippen LogP contribution is -2.31. The molecule has 0 radical (unpaired) electrons. The summed E-state index contributed by atoms with van der Waals surface area (Å²) in [6.07, 6.45) is -0.772. The molecule has 3 atom stereocenters. The van der Waals surface area contributed by atoms with E-state index in [1.807, 2.05) is 0 Å². The van der Waals surface area contributed by atoms with Crippen LogP contribution in [-0.2, 0) is 14.2 Å². The summed E-state index contributed by atoms with van der Waals surface area (Å²) >= 11 is 1.81. The smallest absolute Gasteiger partial charge is 0.341 e. The molecule has 0 aliphatic heterocycles. The van der Waals surface area contributed by atoms with E-state index in [2.05, 4.69) is 0 Å². The van der Waals surface area contributed by atoms with Crippen LogP contribution in [0.3, 0.4) is 0 Å². The summed E-state index contributed by atoms with van der Waals surface area (Å²) in [5, 5.41) is 27.7. The van der Waals surface area contributed by atoms with Gasteiger partial charge in [0.1, 0.15) is 6.04 Å². The SMILES string of the molecule is COc1cc(C(O)P(=O)(O)CC[C@@H](N)C(=O)O)cc(I)c1OCC(=O)O. The Kier molecular flexibility index (Phi) is 8.28. The lowest BCUT2D eigenvalue weighted by molar-refractivity contribution is -0.140. The molecule has 0 aliphatic carbocycles. The summed E-state index contributed by atoms with van der Waals surface area (Å²) in [5.41, 5.74) is 5.36. The first-order valence-corrected chi connectivity index (χ1v) is 10.2. The van der Waals surface area contributed by atoms with Gasteiger partial charge >= 0.3 is 11.9 Å². The van der Waals surface area contributed by atoms with Crippen molar-refractivity contribution in [1.29, 1.82) is 0 Å². The van der Waals surface area contributed by atoms with Gasteiger partial charge in [-0.05, 0) is 46.7 Å². The number of aliphatic hydroxyl groups is 1. The molecule has 0 bridgehead atoms. The number of carbonyl (C=O) groups is 2. The highest BCUT2D eigenvalue weighted by Gasteiger charge is 2.33. The minimum atomic E-state index is -4.18. The molecule has 0 saturated carbocycles. The third-order valence-electron chi connectivity index (χ3n) is 3.35. The quantitative estimate of drug-likeness (QED) is 0.227. The number of hydrogen-bond acceptors (Lipinski definition) is 7. The maximum Gasteiger partial charge on any atom is 0.341 e. The Morgan fingerprint density at radius 3 is 2.46 bits per heavy atom. The molecule has 1 aromatic carbocycles. The van der Waals surface area contributed by atoms with E-state index in [1.54, 1.807) is 22.6 Å². The van der Waals surface area contributed by atoms with E-state index < -0.39 is 44.0 Å². The Morgan fingerprint density at radius 1 is 1.35 bits per heavy atom. The second-order valence-electron chi connectivity index (χ2n) is 5.30. The van der Waals surface area contributed by atoms with E-state index in [-0.39, 0.29) is 23.5 Å². The summed E-state index contributed by atoms with van der Waals surface area (Å²) in [5.74, 6) is -4.10. The van der Waals surface area contributed by atoms with Crippen molar-refractivity contribution in [1.82, 2.24) is 0 Å². The van der Waals surface area contributed by atoms with Gasteiger partial charge in [-0.3, -0.25) is 9.36 Å². The monoisotopic (exact) mass is 503 g/mol. The highest BCUT2D eigenvalue weighted by atomic mass is 127. The largest absolute Gasteiger partial charge is 0.493 e. The van der Waals surface area contributed by atoms with Crippen molar-refractivity contribution in [3.05, 3.63) is 21.3 Å². The predicted molar refractivity (Wildman–Crippen MR) is 98.7 cm³/mol. The van der Waals surface area contributed by atoms with Crippen LogP contribution in [0.15, 0.2) is 12.1 Å². The Morgan fingerprint density at radius 2 is 1.96 bits per heavy atom. The predicted octanol–water partition coefficient (Wildman–Crippen LogP) is 0.826. The molecule has 0 amide bonds. The van der Waals surface area contributed by atoms with Crippen LogP contribution < -0.4 is 15.2 Å². The minimum Gasteiger partial charge on any atom is -0.493 e. The first-order valence-electron chi connectivity index (χ1n) is 7.19. The normalized spacial score (nSPS) is 15.6. The third-order valence-corrected chi connectivity index (χ3v) is 6.11. The lowest BCUT2D eigenvalue weighted by atomic mass is 10.2. The van der Waals surface area contributed by atoms with Crippen LogP contribution in [0.1, 0.15) is 17.8 Å². The van der Waals surface area contributed by atoms with Crippen LogP contribution in [0.25, 0.3) is 0 Å². The van der Waals surface area contributed by atoms with Crippen molar-refractivity contribution in [3.8, 4) is 11.5 Å². The van der Waals surface area contributed by atoms with E-state index >= 15 is 0 Å². The maximum atomic E-state index is 12.4. The highest BCUT2D eigenvalue weighted by Crippen LogP contribution is 2.55. The number of methoxy groups -OCH3 is 1. The number of benzene rings is 1. The molecule has 1 rings (SSSR count). The molecule has 0 aromatic heterocycles. The fourth-order valence-corrected chi connectivity index (χ4v) is 4.25. The van der Waals surface area contributed by atoms with Crippen LogP contribution in [0.5, 0.6) is 11.5 Å². The van der Waals surface area contributed by atoms with E-state index in [4.69, 9.17) is 25.4 Å². The molecule has 1 aromatic rings. The Balaban J connectivity index is 3.06. The Labute approximate surface area is 162 Å². The standard InChI is InChI=1S/C14H19INO9P/c1-24-10-5-7(4-8(15)12(10)25-6-11(17)18)14(21)26(22,23)3-2-9(16)13(19)20/h4-5,9,14,21H,2-3,6,16H2,1H3,(H,17,18)(H,19,20)(H,22,23)/t9-,14?/m1/s1. The first-order chi connectivity index (χ1) is 12.0. The number of nitrogens with two attached hydrogens (primary N) is 1. The van der Waals surface area contributed by atoms with Gasteiger partial charge in [0, 0.05) is 6.16 Å². The van der Waals surface area contributed by atoms with E-state index in [0.717, 1.165) is 0 Å². The number of carboxylic acid groups (broad SMARTS) is 2. The van der Waals surface area contributed by atoms with Gasteiger partial charge in [0.15, 0.2) is 24.0 Å². The third kappa shape index (κ3) is 6.09. The molecule has 26 heavy (non-hydrogen) atoms. The summed E-state index contributed by atoms with van der Waals surface area (Å²) in [4.78, 5) is 31.4. The molecule has 146 valence electrons. The molecule has 0 aliphatic rings. The summed E-state index contributed by atoms with van der Waals surface area (Å²) in [6, 6.07) is 1.29. The number of aliphatic hydroxyl groups excluding tert-OH is 1. The number of halogens is 1. The molecule has 12 heteroatoms. The number of ether oxygens (including phenoxy) is 2. The van der Waals surface area contributed by atoms with Gasteiger partial charge < -0.3 is 35.4 Å². The zero-order valence-electron chi connectivity index (χ0n) is 13.7. The van der Waals surface area contributed by atoms with Crippen molar-refractivity contribution in [2.75, 3.05) is 19.9 Å². The fraction of sp³-hybridized carbons (Fsp3) is 0.429. The first kappa shape index (κ1) is 22.6. The van der Waals surface area contributed by atoms with Crippen molar-refractivity contribution in [2.24, 2.45) is 5.73 Å². The van der Waals surface area contributed by atoms with Gasteiger partial charge in [-0.1, -0.05) is 0 Å². The van der Waals surface area contributed by atoms with Crippen LogP contribution in [0, 0.1) is 3.57 Å². The number of rotatable bonds is 10. The molecule has 10 nitrogen and oxygen atoms in total. The van der Waals surface area contributed by atoms with E-state index in [9.17, 15) is 24.2 Å². The van der Waals surface area contributed by atoms with Gasteiger partial charge in [-0.15, -0.1) is 0 Å². The Bertz CT molecular complexity index is 727. The van der Waals surface area contributed by atoms with Gasteiger partial charge in [0.2, 0.25) is 7.37 Å². The molecule has 0 spiro atoms. The fourth-order valence-electron chi connectivity index (χ4n) is 1.97.